The van der Waals surface area contributed by atoms with Crippen molar-refractivity contribution >= 4 is 5.69 Å². The third-order valence-electron chi connectivity index (χ3n) is 4.17. The molecular formula is C24H16N4O. The molecule has 0 radical (unpaired) electrons. The summed E-state index contributed by atoms with van der Waals surface area (Å²) in [6, 6.07) is 30.3. The molecule has 29 heavy (non-hydrogen) atoms. The lowest BCUT2D eigenvalue weighted by Gasteiger charge is -2.12. The van der Waals surface area contributed by atoms with Crippen molar-refractivity contribution in [3.63, 3.8) is 0 Å². The van der Waals surface area contributed by atoms with Crippen LogP contribution >= 0.6 is 0 Å². The average Bonchev–Trinajstić information content (AvgIpc) is 2.79. The van der Waals surface area contributed by atoms with E-state index in [0.717, 1.165) is 22.4 Å². The first-order valence-electron chi connectivity index (χ1n) is 8.83. The lowest BCUT2D eigenvalue weighted by molar-refractivity contribution is 0.307. The second kappa shape index (κ2) is 9.42. The largest absolute Gasteiger partial charge is 0.488 e. The van der Waals surface area contributed by atoms with Crippen LogP contribution in [-0.4, -0.2) is 0 Å². The van der Waals surface area contributed by atoms with E-state index in [0.29, 0.717) is 12.3 Å². The SMILES string of the molecule is N#CC(C#N)=C(C#N)Nc1ccc(-c2ccccc2OCc2ccccc2)cc1. The minimum atomic E-state index is -0.253. The molecule has 0 aromatic heterocycles. The number of allylic oxidation sites excluding steroid dienone is 2. The van der Waals surface area contributed by atoms with Crippen LogP contribution in [0.4, 0.5) is 5.69 Å². The number of ether oxygens (including phenoxy) is 1. The molecule has 0 atom stereocenters. The van der Waals surface area contributed by atoms with Crippen molar-refractivity contribution in [2.24, 2.45) is 0 Å². The van der Waals surface area contributed by atoms with Crippen LogP contribution in [0, 0.1) is 34.0 Å². The van der Waals surface area contributed by atoms with Gasteiger partial charge in [-0.15, -0.1) is 0 Å². The van der Waals surface area contributed by atoms with E-state index in [1.165, 1.54) is 0 Å². The van der Waals surface area contributed by atoms with Gasteiger partial charge in [0.15, 0.2) is 5.57 Å². The molecule has 0 heterocycles. The predicted octanol–water partition coefficient (Wildman–Crippen LogP) is 5.17. The lowest BCUT2D eigenvalue weighted by Crippen LogP contribution is -2.00. The molecular weight excluding hydrogens is 360 g/mol. The van der Waals surface area contributed by atoms with Crippen LogP contribution < -0.4 is 10.1 Å². The number of benzene rings is 3. The highest BCUT2D eigenvalue weighted by Gasteiger charge is 2.09. The molecule has 1 N–H and O–H groups in total. The Morgan fingerprint density at radius 3 is 2.07 bits per heavy atom. The van der Waals surface area contributed by atoms with Crippen molar-refractivity contribution in [3.8, 4) is 35.1 Å². The van der Waals surface area contributed by atoms with Gasteiger partial charge in [-0.1, -0.05) is 60.7 Å². The zero-order valence-corrected chi connectivity index (χ0v) is 15.5. The van der Waals surface area contributed by atoms with Gasteiger partial charge >= 0.3 is 0 Å². The molecule has 0 fully saturated rings. The third-order valence-corrected chi connectivity index (χ3v) is 4.17. The van der Waals surface area contributed by atoms with Crippen LogP contribution in [0.5, 0.6) is 5.75 Å². The molecule has 0 saturated carbocycles. The fraction of sp³-hybridized carbons (Fsp3) is 0.0417. The summed E-state index contributed by atoms with van der Waals surface area (Å²) in [5.41, 5.74) is 3.26. The van der Waals surface area contributed by atoms with E-state index in [1.54, 1.807) is 24.3 Å². The van der Waals surface area contributed by atoms with E-state index in [2.05, 4.69) is 5.32 Å². The highest BCUT2D eigenvalue weighted by atomic mass is 16.5. The maximum absolute atomic E-state index is 9.15. The summed E-state index contributed by atoms with van der Waals surface area (Å²) in [5.74, 6) is 0.769. The number of rotatable bonds is 6. The Morgan fingerprint density at radius 2 is 1.41 bits per heavy atom. The zero-order chi connectivity index (χ0) is 20.5. The van der Waals surface area contributed by atoms with Gasteiger partial charge in [0.25, 0.3) is 0 Å². The van der Waals surface area contributed by atoms with Crippen molar-refractivity contribution in [2.75, 3.05) is 5.32 Å². The number of hydrogen-bond donors (Lipinski definition) is 1. The van der Waals surface area contributed by atoms with Gasteiger partial charge in [-0.05, 0) is 29.3 Å². The first-order valence-corrected chi connectivity index (χ1v) is 8.83. The Balaban J connectivity index is 1.80. The zero-order valence-electron chi connectivity index (χ0n) is 15.5. The van der Waals surface area contributed by atoms with E-state index in [9.17, 15) is 0 Å². The van der Waals surface area contributed by atoms with Crippen molar-refractivity contribution in [3.05, 3.63) is 95.7 Å². The van der Waals surface area contributed by atoms with E-state index in [1.807, 2.05) is 72.8 Å². The first-order chi connectivity index (χ1) is 14.2. The van der Waals surface area contributed by atoms with Crippen LogP contribution in [-0.2, 0) is 6.61 Å². The number of nitriles is 3. The van der Waals surface area contributed by atoms with E-state index < -0.39 is 0 Å². The Kier molecular flexibility index (Phi) is 6.25. The summed E-state index contributed by atoms with van der Waals surface area (Å²) in [6.45, 7) is 0.471. The predicted molar refractivity (Wildman–Crippen MR) is 110 cm³/mol. The minimum absolute atomic E-state index is 0.0747. The quantitative estimate of drug-likeness (QED) is 0.599. The molecule has 5 nitrogen and oxygen atoms in total. The summed E-state index contributed by atoms with van der Waals surface area (Å²) in [7, 11) is 0. The molecule has 5 heteroatoms. The number of nitrogens with one attached hydrogen (secondary N) is 1. The Labute approximate surface area is 169 Å². The van der Waals surface area contributed by atoms with E-state index >= 15 is 0 Å². The van der Waals surface area contributed by atoms with Crippen molar-refractivity contribution in [1.29, 1.82) is 15.8 Å². The van der Waals surface area contributed by atoms with Gasteiger partial charge in [0, 0.05) is 11.3 Å². The highest BCUT2D eigenvalue weighted by molar-refractivity contribution is 5.72. The lowest BCUT2D eigenvalue weighted by atomic mass is 10.0. The van der Waals surface area contributed by atoms with Crippen LogP contribution in [0.25, 0.3) is 11.1 Å². The fourth-order valence-corrected chi connectivity index (χ4v) is 2.73. The molecule has 0 aliphatic heterocycles. The van der Waals surface area contributed by atoms with Gasteiger partial charge in [0.05, 0.1) is 0 Å². The Morgan fingerprint density at radius 1 is 0.759 bits per heavy atom. The Hall–Kier alpha value is -4.53. The topological polar surface area (TPSA) is 92.6 Å². The average molecular weight is 376 g/mol. The summed E-state index contributed by atoms with van der Waals surface area (Å²) in [5, 5.41) is 29.8. The summed E-state index contributed by atoms with van der Waals surface area (Å²) < 4.78 is 6.01. The second-order valence-corrected chi connectivity index (χ2v) is 6.06. The van der Waals surface area contributed by atoms with Gasteiger partial charge in [0.2, 0.25) is 0 Å². The van der Waals surface area contributed by atoms with Crippen molar-refractivity contribution < 1.29 is 4.74 Å². The normalized spacial score (nSPS) is 9.41. The fourth-order valence-electron chi connectivity index (χ4n) is 2.73. The highest BCUT2D eigenvalue weighted by Crippen LogP contribution is 2.31. The molecule has 3 rings (SSSR count). The summed E-state index contributed by atoms with van der Waals surface area (Å²) >= 11 is 0. The summed E-state index contributed by atoms with van der Waals surface area (Å²) in [4.78, 5) is 0. The van der Waals surface area contributed by atoms with Gasteiger partial charge in [-0.2, -0.15) is 15.8 Å². The first kappa shape index (κ1) is 19.2. The number of para-hydroxylation sites is 1. The van der Waals surface area contributed by atoms with Crippen LogP contribution in [0.15, 0.2) is 90.1 Å². The number of hydrogen-bond acceptors (Lipinski definition) is 5. The van der Waals surface area contributed by atoms with Crippen molar-refractivity contribution in [1.82, 2.24) is 0 Å². The number of anilines is 1. The van der Waals surface area contributed by atoms with Gasteiger partial charge in [-0.25, -0.2) is 0 Å². The standard InChI is InChI=1S/C24H16N4O/c25-14-20(15-26)23(16-27)28-21-12-10-19(11-13-21)22-8-4-5-9-24(22)29-17-18-6-2-1-3-7-18/h1-13,28H,17H2. The molecule has 0 unspecified atom stereocenters. The molecule has 0 aliphatic rings. The molecule has 0 spiro atoms. The van der Waals surface area contributed by atoms with Crippen molar-refractivity contribution in [2.45, 2.75) is 6.61 Å². The maximum Gasteiger partial charge on any atom is 0.163 e. The maximum atomic E-state index is 9.15. The molecule has 0 aliphatic carbocycles. The summed E-state index contributed by atoms with van der Waals surface area (Å²) in [6.07, 6.45) is 0. The van der Waals surface area contributed by atoms with E-state index in [4.69, 9.17) is 20.5 Å². The number of nitrogens with zero attached hydrogens (tertiary/aromatic N) is 3. The molecule has 3 aromatic carbocycles. The van der Waals surface area contributed by atoms with Gasteiger partial charge in [-0.3, -0.25) is 0 Å². The monoisotopic (exact) mass is 376 g/mol. The van der Waals surface area contributed by atoms with Crippen LogP contribution in [0.3, 0.4) is 0 Å². The smallest absolute Gasteiger partial charge is 0.163 e. The second-order valence-electron chi connectivity index (χ2n) is 6.06. The molecule has 0 amide bonds. The van der Waals surface area contributed by atoms with Crippen LogP contribution in [0.2, 0.25) is 0 Å². The Bertz CT molecular complexity index is 1130. The molecule has 0 bridgehead atoms. The molecule has 0 saturated heterocycles. The van der Waals surface area contributed by atoms with Gasteiger partial charge < -0.3 is 10.1 Å². The minimum Gasteiger partial charge on any atom is -0.488 e. The molecule has 3 aromatic rings. The van der Waals surface area contributed by atoms with E-state index in [-0.39, 0.29) is 11.3 Å². The van der Waals surface area contributed by atoms with Gasteiger partial charge in [0.1, 0.15) is 36.3 Å². The van der Waals surface area contributed by atoms with Crippen LogP contribution in [0.1, 0.15) is 5.56 Å². The third kappa shape index (κ3) is 4.80. The molecule has 138 valence electrons.